The van der Waals surface area contributed by atoms with E-state index in [1.54, 1.807) is 25.5 Å². The van der Waals surface area contributed by atoms with E-state index in [0.29, 0.717) is 11.6 Å². The first-order valence-corrected chi connectivity index (χ1v) is 9.07. The van der Waals surface area contributed by atoms with Gasteiger partial charge in [-0.3, -0.25) is 14.4 Å². The Morgan fingerprint density at radius 3 is 2.78 bits per heavy atom. The van der Waals surface area contributed by atoms with Crippen LogP contribution in [0.25, 0.3) is 0 Å². The number of amidine groups is 1. The first kappa shape index (κ1) is 20.4. The second-order valence-electron chi connectivity index (χ2n) is 5.57. The van der Waals surface area contributed by atoms with Crippen molar-refractivity contribution in [2.75, 3.05) is 13.7 Å². The van der Waals surface area contributed by atoms with Gasteiger partial charge >= 0.3 is 5.97 Å². The van der Waals surface area contributed by atoms with Crippen molar-refractivity contribution < 1.29 is 24.2 Å². The van der Waals surface area contributed by atoms with Gasteiger partial charge in [-0.05, 0) is 36.2 Å². The number of carbonyl (C=O) groups is 3. The molecule has 1 aliphatic heterocycles. The van der Waals surface area contributed by atoms with E-state index in [9.17, 15) is 14.4 Å². The molecule has 1 aromatic rings. The third kappa shape index (κ3) is 7.10. The summed E-state index contributed by atoms with van der Waals surface area (Å²) in [5.41, 5.74) is 0.826. The van der Waals surface area contributed by atoms with E-state index in [1.807, 2.05) is 12.1 Å². The van der Waals surface area contributed by atoms with Crippen molar-refractivity contribution in [2.45, 2.75) is 24.5 Å². The number of amides is 2. The number of thioether (sulfide) groups is 1. The summed E-state index contributed by atoms with van der Waals surface area (Å²) >= 11 is 1.13. The zero-order valence-corrected chi connectivity index (χ0v) is 15.5. The maximum absolute atomic E-state index is 11.9. The molecule has 144 valence electrons. The molecule has 1 unspecified atom stereocenters. The lowest BCUT2D eigenvalue weighted by Gasteiger charge is -2.06. The number of hydrogen-bond acceptors (Lipinski definition) is 7. The van der Waals surface area contributed by atoms with Crippen molar-refractivity contribution in [3.05, 3.63) is 29.8 Å². The average Bonchev–Trinajstić information content (AvgIpc) is 2.98. The Morgan fingerprint density at radius 1 is 1.37 bits per heavy atom. The van der Waals surface area contributed by atoms with E-state index in [-0.39, 0.29) is 31.2 Å². The summed E-state index contributed by atoms with van der Waals surface area (Å²) < 4.78 is 5.07. The molecule has 1 heterocycles. The summed E-state index contributed by atoms with van der Waals surface area (Å²) in [5.74, 6) is -0.790. The maximum Gasteiger partial charge on any atom is 0.303 e. The summed E-state index contributed by atoms with van der Waals surface area (Å²) in [6.45, 7) is 0.261. The van der Waals surface area contributed by atoms with Gasteiger partial charge in [0.2, 0.25) is 11.8 Å². The van der Waals surface area contributed by atoms with Gasteiger partial charge in [-0.25, -0.2) is 0 Å². The van der Waals surface area contributed by atoms with E-state index < -0.39 is 11.2 Å². The number of nitrogens with zero attached hydrogens (tertiary/aromatic N) is 2. The fourth-order valence-electron chi connectivity index (χ4n) is 2.13. The average molecular weight is 392 g/mol. The minimum atomic E-state index is -0.911. The van der Waals surface area contributed by atoms with E-state index in [4.69, 9.17) is 9.84 Å². The number of carbonyl (C=O) groups excluding carboxylic acids is 2. The molecule has 1 fully saturated rings. The number of methoxy groups -OCH3 is 1. The number of benzene rings is 1. The molecule has 0 spiro atoms. The lowest BCUT2D eigenvalue weighted by Crippen LogP contribution is -2.31. The van der Waals surface area contributed by atoms with Gasteiger partial charge in [0, 0.05) is 19.4 Å². The third-order valence-electron chi connectivity index (χ3n) is 3.51. The molecule has 2 amide bonds. The van der Waals surface area contributed by atoms with Crippen LogP contribution >= 0.6 is 11.8 Å². The zero-order chi connectivity index (χ0) is 19.6. The molecule has 0 saturated carbocycles. The van der Waals surface area contributed by atoms with Gasteiger partial charge in [0.1, 0.15) is 11.0 Å². The van der Waals surface area contributed by atoms with Gasteiger partial charge in [-0.1, -0.05) is 11.8 Å². The molecule has 1 saturated heterocycles. The Labute approximate surface area is 160 Å². The fraction of sp³-hybridized carbons (Fsp3) is 0.353. The summed E-state index contributed by atoms with van der Waals surface area (Å²) in [6, 6.07) is 7.23. The molecule has 0 bridgehead atoms. The van der Waals surface area contributed by atoms with Crippen molar-refractivity contribution in [1.82, 2.24) is 10.6 Å². The summed E-state index contributed by atoms with van der Waals surface area (Å²) in [4.78, 5) is 34.1. The van der Waals surface area contributed by atoms with Crippen LogP contribution in [0.5, 0.6) is 5.75 Å². The summed E-state index contributed by atoms with van der Waals surface area (Å²) in [6.07, 6.45) is 1.87. The van der Waals surface area contributed by atoms with Crippen LogP contribution in [0, 0.1) is 0 Å². The molecule has 1 atom stereocenters. The zero-order valence-electron chi connectivity index (χ0n) is 14.7. The van der Waals surface area contributed by atoms with E-state index in [1.165, 1.54) is 0 Å². The molecule has 0 aliphatic carbocycles. The number of carboxylic acid groups (broad SMARTS) is 1. The van der Waals surface area contributed by atoms with Crippen molar-refractivity contribution in [1.29, 1.82) is 0 Å². The highest BCUT2D eigenvalue weighted by atomic mass is 32.2. The highest BCUT2D eigenvalue weighted by molar-refractivity contribution is 8.15. The number of aliphatic carboxylic acids is 1. The van der Waals surface area contributed by atoms with Gasteiger partial charge in [0.05, 0.1) is 13.3 Å². The van der Waals surface area contributed by atoms with Crippen LogP contribution in [0.1, 0.15) is 24.8 Å². The van der Waals surface area contributed by atoms with E-state index >= 15 is 0 Å². The molecule has 9 nitrogen and oxygen atoms in total. The fourth-order valence-corrected chi connectivity index (χ4v) is 3.06. The number of carboxylic acids is 1. The van der Waals surface area contributed by atoms with Gasteiger partial charge in [-0.15, -0.1) is 5.10 Å². The monoisotopic (exact) mass is 392 g/mol. The molecule has 27 heavy (non-hydrogen) atoms. The predicted molar refractivity (Wildman–Crippen MR) is 102 cm³/mol. The Hall–Kier alpha value is -2.88. The number of hydrogen-bond donors (Lipinski definition) is 3. The molecule has 2 rings (SSSR count). The second kappa shape index (κ2) is 10.3. The Kier molecular flexibility index (Phi) is 7.80. The molecule has 1 aromatic carbocycles. The molecule has 0 radical (unpaired) electrons. The van der Waals surface area contributed by atoms with Crippen LogP contribution in [-0.2, 0) is 14.4 Å². The molecule has 10 heteroatoms. The van der Waals surface area contributed by atoms with Crippen LogP contribution in [-0.4, -0.2) is 53.2 Å². The van der Waals surface area contributed by atoms with Crippen molar-refractivity contribution in [3.8, 4) is 5.75 Å². The largest absolute Gasteiger partial charge is 0.497 e. The van der Waals surface area contributed by atoms with Gasteiger partial charge in [0.25, 0.3) is 0 Å². The van der Waals surface area contributed by atoms with Crippen molar-refractivity contribution in [3.63, 3.8) is 0 Å². The van der Waals surface area contributed by atoms with Gasteiger partial charge in [0.15, 0.2) is 5.17 Å². The maximum atomic E-state index is 11.9. The van der Waals surface area contributed by atoms with Gasteiger partial charge < -0.3 is 20.5 Å². The summed E-state index contributed by atoms with van der Waals surface area (Å²) in [7, 11) is 1.59. The number of rotatable bonds is 9. The van der Waals surface area contributed by atoms with Gasteiger partial charge in [-0.2, -0.15) is 5.10 Å². The first-order chi connectivity index (χ1) is 13.0. The number of ether oxygens (including phenoxy) is 1. The normalized spacial score (nSPS) is 17.9. The van der Waals surface area contributed by atoms with Crippen LogP contribution in [0.2, 0.25) is 0 Å². The number of nitrogens with one attached hydrogen (secondary N) is 2. The van der Waals surface area contributed by atoms with Crippen molar-refractivity contribution >= 4 is 40.9 Å². The first-order valence-electron chi connectivity index (χ1n) is 8.19. The third-order valence-corrected chi connectivity index (χ3v) is 4.58. The Morgan fingerprint density at radius 2 is 2.11 bits per heavy atom. The SMILES string of the molecule is COc1ccc(/C=N/N=C2\NC(=O)C(CC(=O)NCCCC(=O)O)S2)cc1. The van der Waals surface area contributed by atoms with E-state index in [2.05, 4.69) is 20.8 Å². The molecule has 3 N–H and O–H groups in total. The summed E-state index contributed by atoms with van der Waals surface area (Å²) in [5, 5.41) is 21.3. The van der Waals surface area contributed by atoms with Crippen LogP contribution < -0.4 is 15.4 Å². The molecule has 0 aromatic heterocycles. The molecule has 1 aliphatic rings. The van der Waals surface area contributed by atoms with Crippen molar-refractivity contribution in [2.24, 2.45) is 10.2 Å². The highest BCUT2D eigenvalue weighted by Crippen LogP contribution is 2.22. The predicted octanol–water partition coefficient (Wildman–Crippen LogP) is 0.988. The standard InChI is InChI=1S/C17H20N4O5S/c1-26-12-6-4-11(5-7-12)10-19-21-17-20-16(25)13(27-17)9-14(22)18-8-2-3-15(23)24/h4-7,10,13H,2-3,8-9H2,1H3,(H,18,22)(H,23,24)(H,20,21,25)/b19-10+. The lowest BCUT2D eigenvalue weighted by atomic mass is 10.2. The highest BCUT2D eigenvalue weighted by Gasteiger charge is 2.32. The minimum absolute atomic E-state index is 0.00914. The Bertz CT molecular complexity index is 748. The van der Waals surface area contributed by atoms with Crippen LogP contribution in [0.3, 0.4) is 0 Å². The quantitative estimate of drug-likeness (QED) is 0.326. The molecular formula is C17H20N4O5S. The second-order valence-corrected chi connectivity index (χ2v) is 6.76. The molecular weight excluding hydrogens is 372 g/mol. The topological polar surface area (TPSA) is 129 Å². The van der Waals surface area contributed by atoms with Crippen LogP contribution in [0.4, 0.5) is 0 Å². The minimum Gasteiger partial charge on any atom is -0.497 e. The van der Waals surface area contributed by atoms with Crippen LogP contribution in [0.15, 0.2) is 34.5 Å². The Balaban J connectivity index is 1.79. The smallest absolute Gasteiger partial charge is 0.303 e. The van der Waals surface area contributed by atoms with E-state index in [0.717, 1.165) is 23.1 Å². The lowest BCUT2D eigenvalue weighted by molar-refractivity contribution is -0.137.